The second kappa shape index (κ2) is 15.3. The van der Waals surface area contributed by atoms with Gasteiger partial charge in [0.1, 0.15) is 0 Å². The monoisotopic (exact) mass is 700 g/mol. The Morgan fingerprint density at radius 3 is 2.44 bits per heavy atom. The zero-order chi connectivity index (χ0) is 32.8. The number of nitro groups is 1. The van der Waals surface area contributed by atoms with Gasteiger partial charge in [0.2, 0.25) is 20.0 Å². The van der Waals surface area contributed by atoms with Crippen molar-refractivity contribution in [2.45, 2.75) is 22.3 Å². The molecule has 244 valence electrons. The molecule has 1 unspecified atom stereocenters. The molecule has 0 saturated heterocycles. The van der Waals surface area contributed by atoms with Gasteiger partial charge in [-0.2, -0.15) is 4.31 Å². The summed E-state index contributed by atoms with van der Waals surface area (Å²) in [5, 5.41) is 12.3. The van der Waals surface area contributed by atoms with Gasteiger partial charge in [-0.05, 0) is 54.1 Å². The lowest BCUT2D eigenvalue weighted by atomic mass is 9.85. The molecule has 0 aliphatic carbocycles. The van der Waals surface area contributed by atoms with Gasteiger partial charge in [0.25, 0.3) is 5.69 Å². The van der Waals surface area contributed by atoms with Gasteiger partial charge in [0.05, 0.1) is 36.2 Å². The number of halogens is 2. The maximum atomic E-state index is 13.0. The van der Waals surface area contributed by atoms with Crippen molar-refractivity contribution in [2.24, 2.45) is 0 Å². The molecule has 3 aromatic carbocycles. The van der Waals surface area contributed by atoms with Crippen LogP contribution in [0.25, 0.3) is 0 Å². The molecule has 0 radical (unpaired) electrons. The Labute approximate surface area is 273 Å². The fourth-order valence-corrected chi connectivity index (χ4v) is 7.93. The van der Waals surface area contributed by atoms with Crippen LogP contribution in [0.5, 0.6) is 0 Å². The first kappa shape index (κ1) is 35.2. The van der Waals surface area contributed by atoms with Crippen LogP contribution in [-0.2, 0) is 36.1 Å². The Kier molecular flexibility index (Phi) is 12.0. The van der Waals surface area contributed by atoms with Gasteiger partial charge in [0.15, 0.2) is 4.90 Å². The number of hydrogen-bond donors (Lipinski definition) is 1. The standard InChI is InChI=1S/C29H34Cl2N4O8S2/c1-33-19-25(24-17-22(30)18-27(31)26(24)20-33)21-6-5-7-23(16-21)44(38,39)32-10-12-42-14-15-43-13-11-34(2)45(40,41)29-9-4-3-8-28(29)35(36)37/h3-9,16-18,25,32H,10-15,19-20H2,1-2H3. The van der Waals surface area contributed by atoms with Gasteiger partial charge in [-0.25, -0.2) is 21.6 Å². The Morgan fingerprint density at radius 1 is 1.00 bits per heavy atom. The van der Waals surface area contributed by atoms with Crippen LogP contribution in [0.2, 0.25) is 10.0 Å². The maximum Gasteiger partial charge on any atom is 0.289 e. The third kappa shape index (κ3) is 8.78. The Morgan fingerprint density at radius 2 is 1.71 bits per heavy atom. The molecule has 1 N–H and O–H groups in total. The van der Waals surface area contributed by atoms with Gasteiger partial charge in [-0.1, -0.05) is 47.5 Å². The minimum Gasteiger partial charge on any atom is -0.378 e. The largest absolute Gasteiger partial charge is 0.378 e. The molecule has 0 aromatic heterocycles. The van der Waals surface area contributed by atoms with Gasteiger partial charge < -0.3 is 14.4 Å². The zero-order valence-corrected chi connectivity index (χ0v) is 27.8. The van der Waals surface area contributed by atoms with Crippen LogP contribution in [0.1, 0.15) is 22.6 Å². The third-order valence-electron chi connectivity index (χ3n) is 7.27. The summed E-state index contributed by atoms with van der Waals surface area (Å²) in [5.74, 6) is -0.106. The van der Waals surface area contributed by atoms with E-state index in [-0.39, 0.29) is 50.3 Å². The molecule has 0 spiro atoms. The van der Waals surface area contributed by atoms with Crippen LogP contribution in [0.4, 0.5) is 5.69 Å². The summed E-state index contributed by atoms with van der Waals surface area (Å²) in [7, 11) is -4.60. The predicted octanol–water partition coefficient (Wildman–Crippen LogP) is 4.11. The molecule has 0 saturated carbocycles. The lowest BCUT2D eigenvalue weighted by molar-refractivity contribution is -0.387. The second-order valence-electron chi connectivity index (χ2n) is 10.5. The van der Waals surface area contributed by atoms with E-state index in [0.717, 1.165) is 27.1 Å². The highest BCUT2D eigenvalue weighted by atomic mass is 35.5. The Hall–Kier alpha value is -2.66. The van der Waals surface area contributed by atoms with Crippen molar-refractivity contribution in [1.29, 1.82) is 0 Å². The lowest BCUT2D eigenvalue weighted by Gasteiger charge is -2.33. The molecule has 3 aromatic rings. The number of nitrogens with zero attached hydrogens (tertiary/aromatic N) is 3. The number of fused-ring (bicyclic) bond motifs is 1. The molecular weight excluding hydrogens is 667 g/mol. The van der Waals surface area contributed by atoms with Crippen LogP contribution in [0.15, 0.2) is 70.5 Å². The van der Waals surface area contributed by atoms with Gasteiger partial charge in [0, 0.05) is 55.3 Å². The molecular formula is C29H34Cl2N4O8S2. The Bertz CT molecular complexity index is 1740. The molecule has 1 aliphatic rings. The van der Waals surface area contributed by atoms with Gasteiger partial charge in [-0.3, -0.25) is 10.1 Å². The smallest absolute Gasteiger partial charge is 0.289 e. The molecule has 1 heterocycles. The highest BCUT2D eigenvalue weighted by molar-refractivity contribution is 7.89. The van der Waals surface area contributed by atoms with E-state index in [9.17, 15) is 26.9 Å². The van der Waals surface area contributed by atoms with Crippen LogP contribution in [0, 0.1) is 10.1 Å². The summed E-state index contributed by atoms with van der Waals surface area (Å²) in [6.07, 6.45) is 0. The molecule has 0 fully saturated rings. The van der Waals surface area contributed by atoms with Crippen molar-refractivity contribution < 1.29 is 31.2 Å². The summed E-state index contributed by atoms with van der Waals surface area (Å²) < 4.78 is 65.9. The van der Waals surface area contributed by atoms with Crippen molar-refractivity contribution in [2.75, 3.05) is 60.2 Å². The number of nitro benzene ring substituents is 1. The molecule has 0 amide bonds. The third-order valence-corrected chi connectivity index (χ3v) is 11.2. The van der Waals surface area contributed by atoms with Crippen LogP contribution in [-0.4, -0.2) is 91.1 Å². The predicted molar refractivity (Wildman–Crippen MR) is 171 cm³/mol. The van der Waals surface area contributed by atoms with E-state index in [1.54, 1.807) is 18.2 Å². The van der Waals surface area contributed by atoms with Crippen molar-refractivity contribution in [3.05, 3.63) is 97.5 Å². The molecule has 16 heteroatoms. The zero-order valence-electron chi connectivity index (χ0n) is 24.7. The van der Waals surface area contributed by atoms with Gasteiger partial charge in [-0.15, -0.1) is 0 Å². The van der Waals surface area contributed by atoms with Crippen molar-refractivity contribution in [3.63, 3.8) is 0 Å². The van der Waals surface area contributed by atoms with E-state index in [2.05, 4.69) is 9.62 Å². The molecule has 1 atom stereocenters. The van der Waals surface area contributed by atoms with E-state index < -0.39 is 35.6 Å². The Balaban J connectivity index is 1.22. The fraction of sp³-hybridized carbons (Fsp3) is 0.379. The number of para-hydroxylation sites is 1. The molecule has 12 nitrogen and oxygen atoms in total. The normalized spacial score (nSPS) is 15.7. The minimum absolute atomic E-state index is 0.0301. The van der Waals surface area contributed by atoms with E-state index >= 15 is 0 Å². The number of rotatable bonds is 15. The van der Waals surface area contributed by atoms with Crippen molar-refractivity contribution in [3.8, 4) is 0 Å². The lowest BCUT2D eigenvalue weighted by Crippen LogP contribution is -2.31. The average Bonchev–Trinajstić information content (AvgIpc) is 3.00. The average molecular weight is 702 g/mol. The fourth-order valence-electron chi connectivity index (χ4n) is 4.99. The molecule has 1 aliphatic heterocycles. The number of nitrogens with one attached hydrogen (secondary N) is 1. The molecule has 0 bridgehead atoms. The first-order chi connectivity index (χ1) is 21.3. The summed E-state index contributed by atoms with van der Waals surface area (Å²) >= 11 is 12.8. The van der Waals surface area contributed by atoms with Crippen LogP contribution in [0.3, 0.4) is 0 Å². The highest BCUT2D eigenvalue weighted by Crippen LogP contribution is 2.38. The van der Waals surface area contributed by atoms with E-state index in [0.29, 0.717) is 23.1 Å². The molecule has 4 rings (SSSR count). The van der Waals surface area contributed by atoms with Crippen molar-refractivity contribution in [1.82, 2.24) is 13.9 Å². The van der Waals surface area contributed by atoms with Crippen molar-refractivity contribution >= 4 is 48.9 Å². The van der Waals surface area contributed by atoms with Gasteiger partial charge >= 0.3 is 0 Å². The SMILES string of the molecule is CN1Cc2c(Cl)cc(Cl)cc2C(c2cccc(S(=O)(=O)NCCOCCOCCN(C)S(=O)(=O)c3ccccc3[N+](=O)[O-])c2)C1. The first-order valence-electron chi connectivity index (χ1n) is 13.9. The van der Waals surface area contributed by atoms with E-state index in [4.69, 9.17) is 32.7 Å². The number of ether oxygens (including phenoxy) is 2. The van der Waals surface area contributed by atoms with Crippen LogP contribution >= 0.6 is 23.2 Å². The minimum atomic E-state index is -4.08. The first-order valence-corrected chi connectivity index (χ1v) is 17.6. The van der Waals surface area contributed by atoms with Crippen LogP contribution < -0.4 is 4.72 Å². The molecule has 45 heavy (non-hydrogen) atoms. The summed E-state index contributed by atoms with van der Waals surface area (Å²) in [6, 6.07) is 15.5. The quantitative estimate of drug-likeness (QED) is 0.140. The number of sulfonamides is 2. The topological polar surface area (TPSA) is 148 Å². The van der Waals surface area contributed by atoms with E-state index in [1.165, 1.54) is 31.3 Å². The number of likely N-dealkylation sites (N-methyl/N-ethyl adjacent to an activating group) is 2. The summed E-state index contributed by atoms with van der Waals surface area (Å²) in [6.45, 7) is 1.76. The van der Waals surface area contributed by atoms with E-state index in [1.807, 2.05) is 19.2 Å². The highest BCUT2D eigenvalue weighted by Gasteiger charge is 2.29. The summed E-state index contributed by atoms with van der Waals surface area (Å²) in [4.78, 5) is 12.3. The number of benzene rings is 3. The maximum absolute atomic E-state index is 13.0. The second-order valence-corrected chi connectivity index (χ2v) is 15.1. The summed E-state index contributed by atoms with van der Waals surface area (Å²) in [5.41, 5.74) is 2.29. The number of hydrogen-bond acceptors (Lipinski definition) is 9.